The molecule has 0 aromatic heterocycles. The van der Waals surface area contributed by atoms with Crippen LogP contribution in [0.3, 0.4) is 0 Å². The molecule has 0 radical (unpaired) electrons. The molecule has 1 N–H and O–H groups in total. The fourth-order valence-corrected chi connectivity index (χ4v) is 0.295. The molecule has 1 heterocycles. The second-order valence-corrected chi connectivity index (χ2v) is 1.10. The molecule has 1 aliphatic heterocycles. The van der Waals surface area contributed by atoms with Crippen molar-refractivity contribution in [2.24, 2.45) is 0 Å². The van der Waals surface area contributed by atoms with Crippen molar-refractivity contribution in [1.29, 1.82) is 5.41 Å². The van der Waals surface area contributed by atoms with E-state index >= 15 is 0 Å². The molecule has 0 aliphatic carbocycles. The van der Waals surface area contributed by atoms with Crippen LogP contribution >= 0.6 is 0 Å². The lowest BCUT2D eigenvalue weighted by Crippen LogP contribution is -1.72. The van der Waals surface area contributed by atoms with Gasteiger partial charge >= 0.3 is 0 Å². The molecular formula is C4H7NO3. The third kappa shape index (κ3) is 5.30. The van der Waals surface area contributed by atoms with Crippen LogP contribution in [0.25, 0.3) is 0 Å². The predicted octanol–water partition coefficient (Wildman–Crippen LogP) is 0.239. The van der Waals surface area contributed by atoms with Gasteiger partial charge in [0.05, 0.1) is 13.2 Å². The summed E-state index contributed by atoms with van der Waals surface area (Å²) in [6.45, 7) is 1.56. The Bertz CT molecular complexity index is 65.7. The molecule has 1 rings (SSSR count). The second kappa shape index (κ2) is 6.30. The SMILES string of the molecule is C1COOC1.N=C=O. The van der Waals surface area contributed by atoms with Crippen LogP contribution in [-0.4, -0.2) is 19.3 Å². The highest BCUT2D eigenvalue weighted by Crippen LogP contribution is 1.93. The number of nitrogens with one attached hydrogen (secondary N) is 1. The minimum absolute atomic E-state index is 0.750. The average molecular weight is 117 g/mol. The molecule has 0 saturated carbocycles. The zero-order valence-corrected chi connectivity index (χ0v) is 4.35. The Kier molecular flexibility index (Phi) is 5.75. The first-order chi connectivity index (χ1) is 3.91. The van der Waals surface area contributed by atoms with Gasteiger partial charge in [0.15, 0.2) is 0 Å². The lowest BCUT2D eigenvalue weighted by atomic mass is 10.5. The van der Waals surface area contributed by atoms with E-state index in [1.54, 1.807) is 0 Å². The molecule has 0 aromatic carbocycles. The maximum absolute atomic E-state index is 8.35. The quantitative estimate of drug-likeness (QED) is 0.281. The average Bonchev–Trinajstić information content (AvgIpc) is 2.17. The van der Waals surface area contributed by atoms with E-state index in [9.17, 15) is 0 Å². The summed E-state index contributed by atoms with van der Waals surface area (Å²) in [7, 11) is 0. The lowest BCUT2D eigenvalue weighted by Gasteiger charge is -1.77. The van der Waals surface area contributed by atoms with Gasteiger partial charge in [0.2, 0.25) is 6.08 Å². The highest BCUT2D eigenvalue weighted by molar-refractivity contribution is 5.26. The molecule has 4 heteroatoms. The van der Waals surface area contributed by atoms with Gasteiger partial charge in [-0.1, -0.05) is 0 Å². The van der Waals surface area contributed by atoms with Crippen molar-refractivity contribution in [3.05, 3.63) is 0 Å². The fourth-order valence-electron chi connectivity index (χ4n) is 0.295. The summed E-state index contributed by atoms with van der Waals surface area (Å²) >= 11 is 0. The molecule has 0 spiro atoms. The van der Waals surface area contributed by atoms with Crippen molar-refractivity contribution in [2.45, 2.75) is 6.42 Å². The van der Waals surface area contributed by atoms with Crippen molar-refractivity contribution in [1.82, 2.24) is 0 Å². The summed E-state index contributed by atoms with van der Waals surface area (Å²) in [4.78, 5) is 17.2. The van der Waals surface area contributed by atoms with Gasteiger partial charge in [-0.15, -0.1) is 0 Å². The van der Waals surface area contributed by atoms with E-state index in [-0.39, 0.29) is 0 Å². The van der Waals surface area contributed by atoms with Crippen LogP contribution in [0.15, 0.2) is 0 Å². The number of carbonyl (C=O) groups excluding carboxylic acids is 1. The molecule has 1 fully saturated rings. The molecule has 0 unspecified atom stereocenters. The highest BCUT2D eigenvalue weighted by Gasteiger charge is 1.95. The molecule has 0 bridgehead atoms. The third-order valence-corrected chi connectivity index (χ3v) is 0.539. The highest BCUT2D eigenvalue weighted by atomic mass is 17.2. The molecule has 0 amide bonds. The van der Waals surface area contributed by atoms with Crippen LogP contribution in [0.1, 0.15) is 6.42 Å². The van der Waals surface area contributed by atoms with Crippen LogP contribution < -0.4 is 0 Å². The van der Waals surface area contributed by atoms with E-state index in [2.05, 4.69) is 9.78 Å². The largest absolute Gasteiger partial charge is 0.237 e. The topological polar surface area (TPSA) is 59.4 Å². The number of hydrogen-bond donors (Lipinski definition) is 1. The minimum Gasteiger partial charge on any atom is -0.237 e. The van der Waals surface area contributed by atoms with E-state index in [0.29, 0.717) is 0 Å². The van der Waals surface area contributed by atoms with Gasteiger partial charge in [-0.2, -0.15) is 0 Å². The Morgan fingerprint density at radius 2 is 1.75 bits per heavy atom. The first kappa shape index (κ1) is 7.30. The van der Waals surface area contributed by atoms with Crippen LogP contribution in [0, 0.1) is 5.41 Å². The summed E-state index contributed by atoms with van der Waals surface area (Å²) in [6.07, 6.45) is 1.81. The van der Waals surface area contributed by atoms with Crippen molar-refractivity contribution < 1.29 is 14.6 Å². The third-order valence-electron chi connectivity index (χ3n) is 0.539. The van der Waals surface area contributed by atoms with E-state index in [1.165, 1.54) is 0 Å². The lowest BCUT2D eigenvalue weighted by molar-refractivity contribution is -0.248. The molecule has 0 atom stereocenters. The normalized spacial score (nSPS) is 16.0. The van der Waals surface area contributed by atoms with Crippen LogP contribution in [-0.2, 0) is 14.6 Å². The van der Waals surface area contributed by atoms with Gasteiger partial charge in [-0.05, 0) is 0 Å². The van der Waals surface area contributed by atoms with Crippen molar-refractivity contribution >= 4 is 6.08 Å². The first-order valence-corrected chi connectivity index (χ1v) is 2.20. The molecule has 46 valence electrons. The first-order valence-electron chi connectivity index (χ1n) is 2.20. The van der Waals surface area contributed by atoms with Gasteiger partial charge in [-0.3, -0.25) is 0 Å². The molecule has 8 heavy (non-hydrogen) atoms. The van der Waals surface area contributed by atoms with Crippen molar-refractivity contribution in [3.8, 4) is 0 Å². The summed E-state index contributed by atoms with van der Waals surface area (Å²) in [5, 5.41) is 5.40. The Labute approximate surface area is 46.8 Å². The van der Waals surface area contributed by atoms with Gasteiger partial charge in [-0.25, -0.2) is 20.0 Å². The van der Waals surface area contributed by atoms with Crippen LogP contribution in [0.2, 0.25) is 0 Å². The zero-order chi connectivity index (χ0) is 6.24. The summed E-state index contributed by atoms with van der Waals surface area (Å²) in [5.41, 5.74) is 0. The van der Waals surface area contributed by atoms with E-state index in [0.717, 1.165) is 25.7 Å². The summed E-state index contributed by atoms with van der Waals surface area (Å²) in [5.74, 6) is 0. The minimum atomic E-state index is 0.750. The van der Waals surface area contributed by atoms with Gasteiger partial charge < -0.3 is 0 Å². The molecule has 1 aliphatic rings. The maximum atomic E-state index is 8.35. The number of isocyanates is 1. The van der Waals surface area contributed by atoms with Gasteiger partial charge in [0.25, 0.3) is 0 Å². The molecule has 1 saturated heterocycles. The van der Waals surface area contributed by atoms with E-state index < -0.39 is 0 Å². The van der Waals surface area contributed by atoms with Gasteiger partial charge in [0.1, 0.15) is 0 Å². The predicted molar refractivity (Wildman–Crippen MR) is 24.9 cm³/mol. The number of hydrogen-bond acceptors (Lipinski definition) is 4. The Balaban J connectivity index is 0.000000145. The fraction of sp³-hybridized carbons (Fsp3) is 0.750. The standard InChI is InChI=1S/C3H6O2.CHNO/c1-2-4-5-3-1;2-1-3/h1-3H2;2H. The van der Waals surface area contributed by atoms with Gasteiger partial charge in [0, 0.05) is 6.42 Å². The number of rotatable bonds is 0. The Morgan fingerprint density at radius 3 is 1.88 bits per heavy atom. The Hall–Kier alpha value is -0.700. The smallest absolute Gasteiger partial charge is 0.231 e. The van der Waals surface area contributed by atoms with Crippen molar-refractivity contribution in [3.63, 3.8) is 0 Å². The maximum Gasteiger partial charge on any atom is 0.231 e. The van der Waals surface area contributed by atoms with E-state index in [1.807, 2.05) is 0 Å². The summed E-state index contributed by atoms with van der Waals surface area (Å²) < 4.78 is 0. The summed E-state index contributed by atoms with van der Waals surface area (Å²) in [6, 6.07) is 0. The second-order valence-electron chi connectivity index (χ2n) is 1.10. The zero-order valence-electron chi connectivity index (χ0n) is 4.35. The monoisotopic (exact) mass is 117 g/mol. The van der Waals surface area contributed by atoms with Crippen LogP contribution in [0.4, 0.5) is 0 Å². The molecular weight excluding hydrogens is 110 g/mol. The van der Waals surface area contributed by atoms with Crippen molar-refractivity contribution in [2.75, 3.05) is 13.2 Å². The van der Waals surface area contributed by atoms with Crippen LogP contribution in [0.5, 0.6) is 0 Å². The van der Waals surface area contributed by atoms with E-state index in [4.69, 9.17) is 10.2 Å². The Morgan fingerprint density at radius 1 is 1.38 bits per heavy atom. The molecule has 4 nitrogen and oxygen atoms in total. The molecule has 0 aromatic rings.